The zero-order valence-electron chi connectivity index (χ0n) is 23.9. The lowest BCUT2D eigenvalue weighted by molar-refractivity contribution is -0.274. The van der Waals surface area contributed by atoms with Gasteiger partial charge < -0.3 is 9.84 Å². The van der Waals surface area contributed by atoms with Crippen LogP contribution in [0, 0.1) is 29.1 Å². The van der Waals surface area contributed by atoms with Crippen molar-refractivity contribution in [1.82, 2.24) is 0 Å². The number of carbonyl (C=O) groups is 4. The molecule has 11 heteroatoms. The van der Waals surface area contributed by atoms with Gasteiger partial charge in [0.2, 0.25) is 23.6 Å². The van der Waals surface area contributed by atoms with Crippen LogP contribution >= 0.6 is 0 Å². The first-order chi connectivity index (χ1) is 21.4. The predicted molar refractivity (Wildman–Crippen MR) is 155 cm³/mol. The molecule has 2 saturated heterocycles. The number of anilines is 2. The summed E-state index contributed by atoms with van der Waals surface area (Å²) in [7, 11) is 0. The van der Waals surface area contributed by atoms with Crippen molar-refractivity contribution in [3.63, 3.8) is 0 Å². The molecular weight excluding hydrogens is 589 g/mol. The summed E-state index contributed by atoms with van der Waals surface area (Å²) in [5.41, 5.74) is -0.301. The summed E-state index contributed by atoms with van der Waals surface area (Å²) in [4.78, 5) is 58.5. The number of hydrogen-bond acceptors (Lipinski definition) is 6. The number of phenolic OH excluding ortho intramolecular Hbond substituents is 1. The first kappa shape index (κ1) is 28.8. The number of halogens is 3. The molecule has 45 heavy (non-hydrogen) atoms. The Labute approximate surface area is 255 Å². The van der Waals surface area contributed by atoms with Crippen molar-refractivity contribution in [2.24, 2.45) is 29.1 Å². The van der Waals surface area contributed by atoms with Crippen molar-refractivity contribution in [1.29, 1.82) is 0 Å². The van der Waals surface area contributed by atoms with E-state index in [1.54, 1.807) is 73.7 Å². The zero-order chi connectivity index (χ0) is 31.8. The van der Waals surface area contributed by atoms with Gasteiger partial charge in [-0.25, -0.2) is 4.90 Å². The summed E-state index contributed by atoms with van der Waals surface area (Å²) >= 11 is 0. The number of aromatic hydroxyl groups is 1. The highest BCUT2D eigenvalue weighted by Gasteiger charge is 2.68. The monoisotopic (exact) mass is 616 g/mol. The second-order valence-electron chi connectivity index (χ2n) is 12.1. The normalized spacial score (nSPS) is 29.3. The zero-order valence-corrected chi connectivity index (χ0v) is 23.9. The van der Waals surface area contributed by atoms with Crippen LogP contribution in [-0.4, -0.2) is 35.1 Å². The Morgan fingerprint density at radius 3 is 2.07 bits per heavy atom. The quantitative estimate of drug-likeness (QED) is 0.297. The van der Waals surface area contributed by atoms with E-state index in [9.17, 15) is 37.5 Å². The van der Waals surface area contributed by atoms with Gasteiger partial charge in [0.05, 0.1) is 34.5 Å². The van der Waals surface area contributed by atoms with Crippen molar-refractivity contribution in [2.45, 2.75) is 32.0 Å². The third kappa shape index (κ3) is 4.27. The summed E-state index contributed by atoms with van der Waals surface area (Å²) in [5.74, 6) is -7.29. The van der Waals surface area contributed by atoms with Crippen LogP contribution in [0.3, 0.4) is 0 Å². The lowest BCUT2D eigenvalue weighted by Crippen LogP contribution is -2.49. The molecule has 7 rings (SSSR count). The smallest absolute Gasteiger partial charge is 0.508 e. The Hall–Kier alpha value is -4.93. The van der Waals surface area contributed by atoms with Crippen molar-refractivity contribution in [3.05, 3.63) is 96.1 Å². The Morgan fingerprint density at radius 1 is 0.822 bits per heavy atom. The SMILES string of the molecule is C[C@@]12C(=O)N(c3ccccc3)C(=O)[C@@H]1C[C@@H]1C(=CC[C@@H]3C(=O)N(c4ccccc4)C(=O)[C@@H]31)[C@@H]2c1cc(OC(F)(F)F)ccc1O. The van der Waals surface area contributed by atoms with Gasteiger partial charge in [-0.1, -0.05) is 48.0 Å². The summed E-state index contributed by atoms with van der Waals surface area (Å²) in [5, 5.41) is 11.1. The largest absolute Gasteiger partial charge is 0.573 e. The van der Waals surface area contributed by atoms with E-state index in [1.165, 1.54) is 0 Å². The minimum absolute atomic E-state index is 0.0357. The average Bonchev–Trinajstić information content (AvgIpc) is 3.38. The number of rotatable bonds is 4. The number of benzene rings is 3. The number of carbonyl (C=O) groups excluding carboxylic acids is 4. The van der Waals surface area contributed by atoms with Gasteiger partial charge in [-0.3, -0.25) is 24.1 Å². The van der Waals surface area contributed by atoms with Gasteiger partial charge in [-0.15, -0.1) is 13.2 Å². The predicted octanol–water partition coefficient (Wildman–Crippen LogP) is 5.73. The molecule has 6 atom stereocenters. The minimum Gasteiger partial charge on any atom is -0.508 e. The van der Waals surface area contributed by atoms with Crippen LogP contribution in [0.25, 0.3) is 0 Å². The number of nitrogens with zero attached hydrogens (tertiary/aromatic N) is 2. The second-order valence-corrected chi connectivity index (χ2v) is 12.1. The molecule has 2 aliphatic carbocycles. The molecule has 4 amide bonds. The topological polar surface area (TPSA) is 104 Å². The maximum Gasteiger partial charge on any atom is 0.573 e. The van der Waals surface area contributed by atoms with E-state index in [-0.39, 0.29) is 24.3 Å². The highest BCUT2D eigenvalue weighted by atomic mass is 19.4. The molecule has 1 N–H and O–H groups in total. The molecule has 3 aromatic carbocycles. The molecule has 0 bridgehead atoms. The number of alkyl halides is 3. The van der Waals surface area contributed by atoms with Crippen molar-refractivity contribution in [2.75, 3.05) is 9.80 Å². The lowest BCUT2D eigenvalue weighted by atomic mass is 9.51. The Morgan fingerprint density at radius 2 is 1.44 bits per heavy atom. The lowest BCUT2D eigenvalue weighted by Gasteiger charge is -2.49. The van der Waals surface area contributed by atoms with Gasteiger partial charge in [0.25, 0.3) is 0 Å². The third-order valence-electron chi connectivity index (χ3n) is 9.85. The molecule has 0 unspecified atom stereocenters. The minimum atomic E-state index is -5.02. The highest BCUT2D eigenvalue weighted by Crippen LogP contribution is 2.64. The number of phenols is 1. The van der Waals surface area contributed by atoms with Crippen molar-refractivity contribution in [3.8, 4) is 11.5 Å². The van der Waals surface area contributed by atoms with Gasteiger partial charge in [0.15, 0.2) is 0 Å². The molecule has 0 spiro atoms. The van der Waals surface area contributed by atoms with Gasteiger partial charge in [-0.2, -0.15) is 0 Å². The number of para-hydroxylation sites is 2. The van der Waals surface area contributed by atoms with Crippen LogP contribution < -0.4 is 14.5 Å². The van der Waals surface area contributed by atoms with Crippen LogP contribution in [0.4, 0.5) is 24.5 Å². The van der Waals surface area contributed by atoms with Crippen LogP contribution in [-0.2, 0) is 19.2 Å². The van der Waals surface area contributed by atoms with E-state index in [2.05, 4.69) is 4.74 Å². The van der Waals surface area contributed by atoms with E-state index in [0.29, 0.717) is 16.9 Å². The van der Waals surface area contributed by atoms with E-state index in [4.69, 9.17) is 0 Å². The number of hydrogen-bond donors (Lipinski definition) is 1. The molecule has 4 aliphatic rings. The van der Waals surface area contributed by atoms with E-state index < -0.39 is 70.6 Å². The number of amides is 4. The van der Waals surface area contributed by atoms with Gasteiger partial charge >= 0.3 is 6.36 Å². The maximum absolute atomic E-state index is 14.4. The summed E-state index contributed by atoms with van der Waals surface area (Å²) in [6.07, 6.45) is -3.05. The molecule has 3 aromatic rings. The van der Waals surface area contributed by atoms with Crippen molar-refractivity contribution < 1.29 is 42.2 Å². The van der Waals surface area contributed by atoms with Crippen LogP contribution in [0.15, 0.2) is 90.5 Å². The first-order valence-corrected chi connectivity index (χ1v) is 14.6. The van der Waals surface area contributed by atoms with E-state index >= 15 is 0 Å². The first-order valence-electron chi connectivity index (χ1n) is 14.6. The van der Waals surface area contributed by atoms with E-state index in [1.807, 2.05) is 0 Å². The highest BCUT2D eigenvalue weighted by molar-refractivity contribution is 6.25. The molecule has 2 heterocycles. The van der Waals surface area contributed by atoms with Crippen LogP contribution in [0.1, 0.15) is 31.2 Å². The fourth-order valence-electron chi connectivity index (χ4n) is 7.98. The van der Waals surface area contributed by atoms with Gasteiger partial charge in [0, 0.05) is 11.5 Å². The molecule has 8 nitrogen and oxygen atoms in total. The fourth-order valence-corrected chi connectivity index (χ4v) is 7.98. The Kier molecular flexibility index (Phi) is 6.43. The number of fused-ring (bicyclic) bond motifs is 4. The molecule has 2 aliphatic heterocycles. The number of imide groups is 2. The standard InChI is InChI=1S/C34H27F3N2O6/c1-33-25(30(42)39(32(33)44)19-10-6-3-7-11-19)17-23-21(28(33)24-16-20(12-15-26(24)40)45-34(35,36)37)13-14-22-27(23)31(43)38(29(22)41)18-8-4-2-5-9-18/h2-13,15-16,22-23,25,27-28,40H,14,17H2,1H3/t22-,23+,25-,27-,28+,33+/m0/s1. The molecular formula is C34H27F3N2O6. The van der Waals surface area contributed by atoms with Crippen LogP contribution in [0.5, 0.6) is 11.5 Å². The average molecular weight is 617 g/mol. The number of ether oxygens (including phenoxy) is 1. The van der Waals surface area contributed by atoms with Crippen molar-refractivity contribution >= 4 is 35.0 Å². The fraction of sp³-hybridized carbons (Fsp3) is 0.294. The van der Waals surface area contributed by atoms with Gasteiger partial charge in [0.1, 0.15) is 11.5 Å². The summed E-state index contributed by atoms with van der Waals surface area (Å²) < 4.78 is 43.9. The maximum atomic E-state index is 14.4. The Bertz CT molecular complexity index is 1780. The molecule has 0 aromatic heterocycles. The van der Waals surface area contributed by atoms with Crippen LogP contribution in [0.2, 0.25) is 0 Å². The Balaban J connectivity index is 1.39. The molecule has 230 valence electrons. The molecule has 1 saturated carbocycles. The number of allylic oxidation sites excluding steroid dienone is 2. The summed E-state index contributed by atoms with van der Waals surface area (Å²) in [6, 6.07) is 19.9. The molecule has 0 radical (unpaired) electrons. The second kappa shape index (κ2) is 10.0. The van der Waals surface area contributed by atoms with Gasteiger partial charge in [-0.05, 0) is 68.1 Å². The van der Waals surface area contributed by atoms with E-state index in [0.717, 1.165) is 28.0 Å². The third-order valence-corrected chi connectivity index (χ3v) is 9.85. The molecule has 3 fully saturated rings. The summed E-state index contributed by atoms with van der Waals surface area (Å²) in [6.45, 7) is 1.59.